The van der Waals surface area contributed by atoms with Gasteiger partial charge >= 0.3 is 0 Å². The predicted molar refractivity (Wildman–Crippen MR) is 82.8 cm³/mol. The van der Waals surface area contributed by atoms with Gasteiger partial charge in [0.15, 0.2) is 0 Å². The Bertz CT molecular complexity index is 732. The molecule has 2 aromatic rings. The second-order valence-corrected chi connectivity index (χ2v) is 6.97. The lowest BCUT2D eigenvalue weighted by atomic mass is 10.2. The minimum Gasteiger partial charge on any atom is -0.397 e. The summed E-state index contributed by atoms with van der Waals surface area (Å²) in [6.07, 6.45) is 3.57. The number of hydrogen-bond acceptors (Lipinski definition) is 4. The highest BCUT2D eigenvalue weighted by atomic mass is 35.5. The smallest absolute Gasteiger partial charge is 0.240 e. The first-order valence-electron chi connectivity index (χ1n) is 6.34. The van der Waals surface area contributed by atoms with Crippen LogP contribution in [0.1, 0.15) is 11.1 Å². The summed E-state index contributed by atoms with van der Waals surface area (Å²) in [7, 11) is -3.62. The van der Waals surface area contributed by atoms with Crippen LogP contribution < -0.4 is 10.5 Å². The lowest BCUT2D eigenvalue weighted by Gasteiger charge is -2.10. The fraction of sp³-hybridized carbons (Fsp3) is 0.308. The minimum absolute atomic E-state index is 0.110. The van der Waals surface area contributed by atoms with E-state index in [2.05, 4.69) is 9.82 Å². The molecule has 0 aliphatic heterocycles. The number of nitrogens with two attached hydrogens (primary N) is 1. The Morgan fingerprint density at radius 3 is 2.67 bits per heavy atom. The SMILES string of the molecule is Cc1cnn(CCNS(=O)(=O)c2cc(C)c(Cl)c(N)c2)c1. The average molecular weight is 329 g/mol. The van der Waals surface area contributed by atoms with E-state index in [0.717, 1.165) is 5.56 Å². The lowest BCUT2D eigenvalue weighted by molar-refractivity contribution is 0.561. The van der Waals surface area contributed by atoms with Crippen molar-refractivity contribution in [3.63, 3.8) is 0 Å². The molecule has 0 saturated carbocycles. The Labute approximate surface area is 129 Å². The van der Waals surface area contributed by atoms with E-state index in [4.69, 9.17) is 17.3 Å². The zero-order valence-electron chi connectivity index (χ0n) is 11.8. The van der Waals surface area contributed by atoms with Crippen molar-refractivity contribution in [1.29, 1.82) is 0 Å². The number of aryl methyl sites for hydroxylation is 2. The van der Waals surface area contributed by atoms with Gasteiger partial charge in [0.2, 0.25) is 10.0 Å². The van der Waals surface area contributed by atoms with Gasteiger partial charge in [-0.3, -0.25) is 4.68 Å². The molecule has 1 aromatic carbocycles. The monoisotopic (exact) mass is 328 g/mol. The van der Waals surface area contributed by atoms with Gasteiger partial charge in [-0.1, -0.05) is 11.6 Å². The van der Waals surface area contributed by atoms with Gasteiger partial charge in [-0.15, -0.1) is 0 Å². The van der Waals surface area contributed by atoms with Gasteiger partial charge in [0.1, 0.15) is 0 Å². The van der Waals surface area contributed by atoms with Crippen LogP contribution in [0, 0.1) is 13.8 Å². The summed E-state index contributed by atoms with van der Waals surface area (Å²) in [5.41, 5.74) is 7.60. The van der Waals surface area contributed by atoms with Gasteiger partial charge in [0.25, 0.3) is 0 Å². The highest BCUT2D eigenvalue weighted by Gasteiger charge is 2.16. The van der Waals surface area contributed by atoms with Crippen molar-refractivity contribution >= 4 is 27.3 Å². The van der Waals surface area contributed by atoms with Crippen molar-refractivity contribution in [2.75, 3.05) is 12.3 Å². The topological polar surface area (TPSA) is 90.0 Å². The summed E-state index contributed by atoms with van der Waals surface area (Å²) >= 11 is 5.93. The van der Waals surface area contributed by atoms with Gasteiger partial charge in [-0.25, -0.2) is 13.1 Å². The van der Waals surface area contributed by atoms with Gasteiger partial charge in [0, 0.05) is 12.7 Å². The maximum atomic E-state index is 12.2. The number of halogens is 1. The molecule has 0 amide bonds. The Morgan fingerprint density at radius 2 is 2.10 bits per heavy atom. The highest BCUT2D eigenvalue weighted by molar-refractivity contribution is 7.89. The molecule has 0 bridgehead atoms. The first-order chi connectivity index (χ1) is 9.79. The summed E-state index contributed by atoms with van der Waals surface area (Å²) < 4.78 is 28.6. The molecule has 3 N–H and O–H groups in total. The maximum absolute atomic E-state index is 12.2. The summed E-state index contributed by atoms with van der Waals surface area (Å²) in [5, 5.41) is 4.47. The number of anilines is 1. The van der Waals surface area contributed by atoms with E-state index in [-0.39, 0.29) is 17.1 Å². The number of hydrogen-bond donors (Lipinski definition) is 2. The third-order valence-corrected chi connectivity index (χ3v) is 4.92. The second-order valence-electron chi connectivity index (χ2n) is 4.82. The van der Waals surface area contributed by atoms with E-state index in [1.54, 1.807) is 17.8 Å². The van der Waals surface area contributed by atoms with E-state index in [1.807, 2.05) is 13.1 Å². The number of sulfonamides is 1. The third-order valence-electron chi connectivity index (χ3n) is 2.96. The van der Waals surface area contributed by atoms with Crippen molar-refractivity contribution in [1.82, 2.24) is 14.5 Å². The van der Waals surface area contributed by atoms with Gasteiger partial charge in [-0.05, 0) is 37.1 Å². The van der Waals surface area contributed by atoms with Crippen molar-refractivity contribution in [3.05, 3.63) is 40.7 Å². The molecule has 114 valence electrons. The quantitative estimate of drug-likeness (QED) is 0.818. The first-order valence-corrected chi connectivity index (χ1v) is 8.20. The fourth-order valence-electron chi connectivity index (χ4n) is 1.88. The molecule has 0 fully saturated rings. The van der Waals surface area contributed by atoms with Crippen LogP contribution >= 0.6 is 11.6 Å². The maximum Gasteiger partial charge on any atom is 0.240 e. The number of nitrogens with one attached hydrogen (secondary N) is 1. The standard InChI is InChI=1S/C13H17ClN4O2S/c1-9-7-16-18(8-9)4-3-17-21(19,20)11-5-10(2)13(14)12(15)6-11/h5-8,17H,3-4,15H2,1-2H3. The summed E-state index contributed by atoms with van der Waals surface area (Å²) in [6.45, 7) is 4.33. The predicted octanol–water partition coefficient (Wildman–Crippen LogP) is 1.71. The number of aromatic nitrogens is 2. The van der Waals surface area contributed by atoms with E-state index < -0.39 is 10.0 Å². The molecule has 8 heteroatoms. The molecule has 1 heterocycles. The zero-order valence-corrected chi connectivity index (χ0v) is 13.4. The molecular formula is C13H17ClN4O2S. The van der Waals surface area contributed by atoms with Crippen LogP contribution in [-0.2, 0) is 16.6 Å². The van der Waals surface area contributed by atoms with Gasteiger partial charge < -0.3 is 5.73 Å². The molecule has 0 aliphatic carbocycles. The number of benzene rings is 1. The second kappa shape index (κ2) is 6.05. The molecule has 6 nitrogen and oxygen atoms in total. The molecule has 0 radical (unpaired) electrons. The molecule has 21 heavy (non-hydrogen) atoms. The van der Waals surface area contributed by atoms with Crippen molar-refractivity contribution in [2.45, 2.75) is 25.3 Å². The van der Waals surface area contributed by atoms with E-state index >= 15 is 0 Å². The molecule has 0 atom stereocenters. The van der Waals surface area contributed by atoms with Crippen LogP contribution in [0.5, 0.6) is 0 Å². The minimum atomic E-state index is -3.62. The number of rotatable bonds is 5. The van der Waals surface area contributed by atoms with Crippen LogP contribution in [0.3, 0.4) is 0 Å². The molecular weight excluding hydrogens is 312 g/mol. The van der Waals surface area contributed by atoms with Crippen LogP contribution in [0.4, 0.5) is 5.69 Å². The largest absolute Gasteiger partial charge is 0.397 e. The molecule has 2 rings (SSSR count). The molecule has 1 aromatic heterocycles. The highest BCUT2D eigenvalue weighted by Crippen LogP contribution is 2.26. The first kappa shape index (κ1) is 15.8. The van der Waals surface area contributed by atoms with Crippen LogP contribution in [0.2, 0.25) is 5.02 Å². The summed E-state index contributed by atoms with van der Waals surface area (Å²) in [6, 6.07) is 2.86. The third kappa shape index (κ3) is 3.75. The Morgan fingerprint density at radius 1 is 1.38 bits per heavy atom. The van der Waals surface area contributed by atoms with Crippen molar-refractivity contribution in [2.24, 2.45) is 0 Å². The van der Waals surface area contributed by atoms with Crippen LogP contribution in [-0.4, -0.2) is 24.7 Å². The number of nitrogens with zero attached hydrogens (tertiary/aromatic N) is 2. The fourth-order valence-corrected chi connectivity index (χ4v) is 3.13. The Balaban J connectivity index is 2.08. The molecule has 0 saturated heterocycles. The molecule has 0 aliphatic rings. The van der Waals surface area contributed by atoms with Crippen LogP contribution in [0.15, 0.2) is 29.4 Å². The average Bonchev–Trinajstić information content (AvgIpc) is 2.81. The van der Waals surface area contributed by atoms with Crippen molar-refractivity contribution in [3.8, 4) is 0 Å². The van der Waals surface area contributed by atoms with E-state index in [0.29, 0.717) is 17.1 Å². The van der Waals surface area contributed by atoms with Gasteiger partial charge in [-0.2, -0.15) is 5.10 Å². The summed E-state index contributed by atoms with van der Waals surface area (Å²) in [4.78, 5) is 0.110. The van der Waals surface area contributed by atoms with Crippen LogP contribution in [0.25, 0.3) is 0 Å². The summed E-state index contributed by atoms with van der Waals surface area (Å²) in [5.74, 6) is 0. The number of nitrogen functional groups attached to an aromatic ring is 1. The van der Waals surface area contributed by atoms with E-state index in [1.165, 1.54) is 12.1 Å². The van der Waals surface area contributed by atoms with E-state index in [9.17, 15) is 8.42 Å². The Hall–Kier alpha value is -1.57. The normalized spacial score (nSPS) is 11.8. The van der Waals surface area contributed by atoms with Gasteiger partial charge in [0.05, 0.1) is 28.3 Å². The Kier molecular flexibility index (Phi) is 4.55. The molecule has 0 spiro atoms. The van der Waals surface area contributed by atoms with Crippen molar-refractivity contribution < 1.29 is 8.42 Å². The lowest BCUT2D eigenvalue weighted by Crippen LogP contribution is -2.27. The zero-order chi connectivity index (χ0) is 15.6. The molecule has 0 unspecified atom stereocenters.